The van der Waals surface area contributed by atoms with E-state index in [1.807, 2.05) is 17.5 Å². The molecule has 156 valence electrons. The molecule has 4 aromatic rings. The van der Waals surface area contributed by atoms with Gasteiger partial charge in [-0.2, -0.15) is 0 Å². The smallest absolute Gasteiger partial charge is 0.227 e. The minimum Gasteiger partial charge on any atom is -0.324 e. The number of nitrogens with one attached hydrogen (secondary N) is 2. The Morgan fingerprint density at radius 1 is 1.07 bits per heavy atom. The first-order valence-corrected chi connectivity index (χ1v) is 11.5. The minimum absolute atomic E-state index is 0.104. The number of anilines is 2. The van der Waals surface area contributed by atoms with Crippen molar-refractivity contribution in [1.29, 1.82) is 0 Å². The van der Waals surface area contributed by atoms with Gasteiger partial charge in [-0.3, -0.25) is 0 Å². The first kappa shape index (κ1) is 20.8. The lowest BCUT2D eigenvalue weighted by atomic mass is 9.87. The van der Waals surface area contributed by atoms with Crippen LogP contribution in [0.2, 0.25) is 0 Å². The average Bonchev–Trinajstić information content (AvgIpc) is 3.14. The van der Waals surface area contributed by atoms with Gasteiger partial charge in [0.05, 0.1) is 5.52 Å². The van der Waals surface area contributed by atoms with Crippen molar-refractivity contribution in [3.8, 4) is 0 Å². The molecule has 30 heavy (non-hydrogen) atoms. The second-order valence-corrected chi connectivity index (χ2v) is 9.98. The summed E-state index contributed by atoms with van der Waals surface area (Å²) in [6.45, 7) is 10.9. The van der Waals surface area contributed by atoms with E-state index in [0.29, 0.717) is 5.95 Å². The van der Waals surface area contributed by atoms with E-state index in [4.69, 9.17) is 4.98 Å². The molecule has 2 aromatic heterocycles. The van der Waals surface area contributed by atoms with Crippen molar-refractivity contribution >= 4 is 44.0 Å². The number of aromatic nitrogens is 2. The number of nitrogens with zero attached hydrogens (tertiary/aromatic N) is 2. The number of benzene rings is 2. The third-order valence-corrected chi connectivity index (χ3v) is 6.39. The predicted molar refractivity (Wildman–Crippen MR) is 130 cm³/mol. The summed E-state index contributed by atoms with van der Waals surface area (Å²) in [5, 5.41) is 9.21. The lowest BCUT2D eigenvalue weighted by Gasteiger charge is -2.19. The fraction of sp³-hybridized carbons (Fsp3) is 0.360. The van der Waals surface area contributed by atoms with Crippen LogP contribution in [0.3, 0.4) is 0 Å². The highest BCUT2D eigenvalue weighted by molar-refractivity contribution is 7.19. The molecule has 0 saturated carbocycles. The maximum Gasteiger partial charge on any atom is 0.227 e. The van der Waals surface area contributed by atoms with Gasteiger partial charge in [0.15, 0.2) is 0 Å². The molecule has 0 aliphatic rings. The maximum atomic E-state index is 4.88. The number of hydrogen-bond acceptors (Lipinski definition) is 5. The highest BCUT2D eigenvalue weighted by Crippen LogP contribution is 2.32. The van der Waals surface area contributed by atoms with E-state index >= 15 is 0 Å². The normalized spacial score (nSPS) is 12.0. The lowest BCUT2D eigenvalue weighted by Crippen LogP contribution is -2.13. The Kier molecular flexibility index (Phi) is 6.02. The van der Waals surface area contributed by atoms with E-state index in [2.05, 4.69) is 85.8 Å². The third-order valence-electron chi connectivity index (χ3n) is 5.29. The molecule has 2 N–H and O–H groups in total. The molecule has 5 heteroatoms. The van der Waals surface area contributed by atoms with Gasteiger partial charge in [-0.25, -0.2) is 9.97 Å². The van der Waals surface area contributed by atoms with Crippen molar-refractivity contribution in [1.82, 2.24) is 15.3 Å². The SMILES string of the molecule is CCCCNCc1cc2c(ccc3cnc(Nc4cccc(C(C)(C)C)c4)nc32)s1. The summed E-state index contributed by atoms with van der Waals surface area (Å²) in [6.07, 6.45) is 4.34. The minimum atomic E-state index is 0.104. The van der Waals surface area contributed by atoms with Crippen molar-refractivity contribution in [2.45, 2.75) is 52.5 Å². The fourth-order valence-electron chi connectivity index (χ4n) is 3.51. The number of unbranched alkanes of at least 4 members (excludes halogenated alkanes) is 1. The lowest BCUT2D eigenvalue weighted by molar-refractivity contribution is 0.590. The van der Waals surface area contributed by atoms with Crippen LogP contribution in [0, 0.1) is 0 Å². The van der Waals surface area contributed by atoms with Crippen molar-refractivity contribution in [2.24, 2.45) is 0 Å². The van der Waals surface area contributed by atoms with E-state index in [1.165, 1.54) is 33.4 Å². The van der Waals surface area contributed by atoms with E-state index in [1.54, 1.807) is 0 Å². The Morgan fingerprint density at radius 3 is 2.73 bits per heavy atom. The molecule has 4 rings (SSSR count). The molecule has 0 amide bonds. The van der Waals surface area contributed by atoms with Crippen LogP contribution in [0.15, 0.2) is 48.7 Å². The number of rotatable bonds is 7. The summed E-state index contributed by atoms with van der Waals surface area (Å²) < 4.78 is 1.27. The van der Waals surface area contributed by atoms with E-state index in [-0.39, 0.29) is 5.41 Å². The molecular formula is C25H30N4S. The molecule has 0 unspecified atom stereocenters. The zero-order valence-electron chi connectivity index (χ0n) is 18.2. The summed E-state index contributed by atoms with van der Waals surface area (Å²) in [4.78, 5) is 10.8. The highest BCUT2D eigenvalue weighted by Gasteiger charge is 2.14. The van der Waals surface area contributed by atoms with E-state index in [0.717, 1.165) is 29.7 Å². The second-order valence-electron chi connectivity index (χ2n) is 8.81. The fourth-order valence-corrected chi connectivity index (χ4v) is 4.55. The van der Waals surface area contributed by atoms with Gasteiger partial charge in [-0.1, -0.05) is 46.2 Å². The van der Waals surface area contributed by atoms with Crippen LogP contribution in [-0.2, 0) is 12.0 Å². The Balaban J connectivity index is 1.62. The summed E-state index contributed by atoms with van der Waals surface area (Å²) in [5.74, 6) is 0.634. The molecule has 0 aliphatic carbocycles. The van der Waals surface area contributed by atoms with Crippen LogP contribution in [0.4, 0.5) is 11.6 Å². The van der Waals surface area contributed by atoms with Gasteiger partial charge in [0, 0.05) is 38.8 Å². The molecule has 0 atom stereocenters. The zero-order chi connectivity index (χ0) is 21.1. The first-order valence-electron chi connectivity index (χ1n) is 10.7. The van der Waals surface area contributed by atoms with Crippen molar-refractivity contribution < 1.29 is 0 Å². The monoisotopic (exact) mass is 418 g/mol. The Bertz CT molecular complexity index is 1160. The standard InChI is InChI=1S/C25H30N4S/c1-5-6-12-26-16-20-14-21-22(30-20)11-10-17-15-27-24(29-23(17)21)28-19-9-7-8-18(13-19)25(2,3)4/h7-11,13-15,26H,5-6,12,16H2,1-4H3,(H,27,28,29). The maximum absolute atomic E-state index is 4.88. The van der Waals surface area contributed by atoms with Gasteiger partial charge in [-0.05, 0) is 54.3 Å². The van der Waals surface area contributed by atoms with Gasteiger partial charge >= 0.3 is 0 Å². The Hall–Kier alpha value is -2.50. The van der Waals surface area contributed by atoms with Crippen LogP contribution in [-0.4, -0.2) is 16.5 Å². The molecule has 0 spiro atoms. The van der Waals surface area contributed by atoms with Gasteiger partial charge in [0.25, 0.3) is 0 Å². The van der Waals surface area contributed by atoms with Crippen molar-refractivity contribution in [3.05, 3.63) is 59.1 Å². The molecule has 0 fully saturated rings. The zero-order valence-corrected chi connectivity index (χ0v) is 19.1. The number of hydrogen-bond donors (Lipinski definition) is 2. The largest absolute Gasteiger partial charge is 0.324 e. The van der Waals surface area contributed by atoms with Gasteiger partial charge in [-0.15, -0.1) is 11.3 Å². The first-order chi connectivity index (χ1) is 14.4. The third kappa shape index (κ3) is 4.63. The summed E-state index contributed by atoms with van der Waals surface area (Å²) >= 11 is 1.84. The molecule has 2 heterocycles. The van der Waals surface area contributed by atoms with E-state index < -0.39 is 0 Å². The van der Waals surface area contributed by atoms with Gasteiger partial charge in [0.1, 0.15) is 0 Å². The Morgan fingerprint density at radius 2 is 1.93 bits per heavy atom. The molecule has 2 aromatic carbocycles. The second kappa shape index (κ2) is 8.70. The van der Waals surface area contributed by atoms with Crippen LogP contribution < -0.4 is 10.6 Å². The van der Waals surface area contributed by atoms with Gasteiger partial charge in [0.2, 0.25) is 5.95 Å². The molecule has 0 saturated heterocycles. The van der Waals surface area contributed by atoms with Crippen LogP contribution >= 0.6 is 11.3 Å². The molecule has 0 bridgehead atoms. The number of fused-ring (bicyclic) bond motifs is 3. The van der Waals surface area contributed by atoms with Crippen molar-refractivity contribution in [3.63, 3.8) is 0 Å². The molecule has 0 radical (unpaired) electrons. The predicted octanol–water partition coefficient (Wildman–Crippen LogP) is 6.78. The highest BCUT2D eigenvalue weighted by atomic mass is 32.1. The summed E-state index contributed by atoms with van der Waals surface area (Å²) in [7, 11) is 0. The average molecular weight is 419 g/mol. The van der Waals surface area contributed by atoms with Crippen molar-refractivity contribution in [2.75, 3.05) is 11.9 Å². The van der Waals surface area contributed by atoms with Crippen LogP contribution in [0.25, 0.3) is 21.0 Å². The van der Waals surface area contributed by atoms with Crippen LogP contribution in [0.5, 0.6) is 0 Å². The van der Waals surface area contributed by atoms with Crippen LogP contribution in [0.1, 0.15) is 51.0 Å². The number of thiophene rings is 1. The summed E-state index contributed by atoms with van der Waals surface area (Å²) in [6, 6.07) is 15.1. The Labute approximate surface area is 182 Å². The summed E-state index contributed by atoms with van der Waals surface area (Å²) in [5.41, 5.74) is 3.41. The van der Waals surface area contributed by atoms with Gasteiger partial charge < -0.3 is 10.6 Å². The quantitative estimate of drug-likeness (QED) is 0.325. The molecular weight excluding hydrogens is 388 g/mol. The molecule has 0 aliphatic heterocycles. The van der Waals surface area contributed by atoms with E-state index in [9.17, 15) is 0 Å². The topological polar surface area (TPSA) is 49.8 Å². The molecule has 4 nitrogen and oxygen atoms in total.